The molecule has 0 bridgehead atoms. The summed E-state index contributed by atoms with van der Waals surface area (Å²) in [6.07, 6.45) is 1.75. The highest BCUT2D eigenvalue weighted by Crippen LogP contribution is 2.30. The summed E-state index contributed by atoms with van der Waals surface area (Å²) < 4.78 is 0. The smallest absolute Gasteiger partial charge is 0.124 e. The van der Waals surface area contributed by atoms with Crippen LogP contribution in [0.2, 0.25) is 0 Å². The summed E-state index contributed by atoms with van der Waals surface area (Å²) >= 11 is 0. The maximum absolute atomic E-state index is 10.2. The van der Waals surface area contributed by atoms with E-state index in [4.69, 9.17) is 0 Å². The highest BCUT2D eigenvalue weighted by molar-refractivity contribution is 7.64. The number of para-hydroxylation sites is 1. The first-order valence-corrected chi connectivity index (χ1v) is 9.41. The lowest BCUT2D eigenvalue weighted by Gasteiger charge is -2.09. The number of aromatic hydroxyl groups is 1. The van der Waals surface area contributed by atoms with Gasteiger partial charge >= 0.3 is 0 Å². The van der Waals surface area contributed by atoms with Crippen LogP contribution < -0.4 is 5.30 Å². The van der Waals surface area contributed by atoms with Crippen LogP contribution in [0.1, 0.15) is 5.56 Å². The molecule has 0 heterocycles. The Morgan fingerprint density at radius 3 is 2.27 bits per heavy atom. The monoisotopic (exact) mass is 307 g/mol. The van der Waals surface area contributed by atoms with Crippen molar-refractivity contribution in [2.75, 3.05) is 13.3 Å². The van der Waals surface area contributed by atoms with E-state index in [1.165, 1.54) is 5.30 Å². The minimum Gasteiger partial charge on any atom is -0.507 e. The second kappa shape index (κ2) is 6.29. The molecule has 0 aliphatic carbocycles. The zero-order chi connectivity index (χ0) is 15.5. The van der Waals surface area contributed by atoms with Gasteiger partial charge in [0.1, 0.15) is 5.75 Å². The molecule has 0 amide bonds. The molecule has 0 aliphatic heterocycles. The van der Waals surface area contributed by atoms with Crippen molar-refractivity contribution in [1.29, 1.82) is 0 Å². The van der Waals surface area contributed by atoms with Gasteiger partial charge in [-0.05, 0) is 42.3 Å². The van der Waals surface area contributed by atoms with Gasteiger partial charge in [0.05, 0.1) is 5.69 Å². The molecule has 3 aromatic rings. The number of aliphatic imine (C=N–C) groups is 1. The SMILES string of the molecule is CP(C)c1ccccc1/N=C/c1cc2ccccc2cc1O. The van der Waals surface area contributed by atoms with Crippen LogP contribution in [0, 0.1) is 0 Å². The van der Waals surface area contributed by atoms with E-state index in [2.05, 4.69) is 24.4 Å². The molecule has 22 heavy (non-hydrogen) atoms. The van der Waals surface area contributed by atoms with E-state index in [0.29, 0.717) is 0 Å². The van der Waals surface area contributed by atoms with E-state index >= 15 is 0 Å². The molecular formula is C19H18NOP. The second-order valence-corrected chi connectivity index (χ2v) is 7.67. The molecule has 0 saturated carbocycles. The van der Waals surface area contributed by atoms with Crippen molar-refractivity contribution >= 4 is 35.9 Å². The first kappa shape index (κ1) is 14.7. The fourth-order valence-electron chi connectivity index (χ4n) is 2.44. The Balaban J connectivity index is 2.01. The van der Waals surface area contributed by atoms with Crippen molar-refractivity contribution in [3.63, 3.8) is 0 Å². The normalized spacial score (nSPS) is 11.6. The van der Waals surface area contributed by atoms with Crippen molar-refractivity contribution in [3.05, 3.63) is 66.2 Å². The number of phenolic OH excluding ortho intramolecular Hbond substituents is 1. The molecule has 0 radical (unpaired) electrons. The molecule has 0 atom stereocenters. The number of hydrogen-bond donors (Lipinski definition) is 1. The van der Waals surface area contributed by atoms with Gasteiger partial charge < -0.3 is 5.11 Å². The Hall–Kier alpha value is -2.18. The van der Waals surface area contributed by atoms with E-state index in [1.54, 1.807) is 12.3 Å². The second-order valence-electron chi connectivity index (χ2n) is 5.40. The number of fused-ring (bicyclic) bond motifs is 1. The third kappa shape index (κ3) is 3.03. The highest BCUT2D eigenvalue weighted by Gasteiger charge is 2.05. The molecule has 0 fully saturated rings. The summed E-state index contributed by atoms with van der Waals surface area (Å²) in [7, 11) is -0.209. The predicted octanol–water partition coefficient (Wildman–Crippen LogP) is 4.66. The highest BCUT2D eigenvalue weighted by atomic mass is 31.1. The lowest BCUT2D eigenvalue weighted by atomic mass is 10.1. The predicted molar refractivity (Wildman–Crippen MR) is 97.7 cm³/mol. The summed E-state index contributed by atoms with van der Waals surface area (Å²) in [5, 5.41) is 13.6. The minimum absolute atomic E-state index is 0.209. The van der Waals surface area contributed by atoms with Crippen LogP contribution in [0.15, 0.2) is 65.7 Å². The van der Waals surface area contributed by atoms with Gasteiger partial charge in [-0.1, -0.05) is 50.4 Å². The summed E-state index contributed by atoms with van der Waals surface area (Å²) in [5.41, 5.74) is 1.72. The molecular weight excluding hydrogens is 289 g/mol. The van der Waals surface area contributed by atoms with Crippen LogP contribution in [0.5, 0.6) is 5.75 Å². The maximum atomic E-state index is 10.2. The molecule has 110 valence electrons. The van der Waals surface area contributed by atoms with Crippen LogP contribution in [0.3, 0.4) is 0 Å². The topological polar surface area (TPSA) is 32.6 Å². The van der Waals surface area contributed by atoms with Crippen molar-refractivity contribution < 1.29 is 5.11 Å². The Morgan fingerprint density at radius 2 is 1.55 bits per heavy atom. The molecule has 1 N–H and O–H groups in total. The Bertz CT molecular complexity index is 840. The average Bonchev–Trinajstić information content (AvgIpc) is 2.53. The number of nitrogens with zero attached hydrogens (tertiary/aromatic N) is 1. The van der Waals surface area contributed by atoms with Crippen LogP contribution in [-0.2, 0) is 0 Å². The lowest BCUT2D eigenvalue weighted by molar-refractivity contribution is 0.475. The average molecular weight is 307 g/mol. The van der Waals surface area contributed by atoms with Gasteiger partial charge in [-0.15, -0.1) is 0 Å². The van der Waals surface area contributed by atoms with Crippen molar-refractivity contribution in [3.8, 4) is 5.75 Å². The first-order valence-electron chi connectivity index (χ1n) is 7.17. The van der Waals surface area contributed by atoms with Crippen LogP contribution >= 0.6 is 7.92 Å². The third-order valence-corrected chi connectivity index (χ3v) is 4.94. The maximum Gasteiger partial charge on any atom is 0.124 e. The van der Waals surface area contributed by atoms with Gasteiger partial charge in [-0.3, -0.25) is 4.99 Å². The Labute approximate surface area is 131 Å². The van der Waals surface area contributed by atoms with Crippen molar-refractivity contribution in [1.82, 2.24) is 0 Å². The molecule has 0 unspecified atom stereocenters. The molecule has 0 aromatic heterocycles. The summed E-state index contributed by atoms with van der Waals surface area (Å²) in [4.78, 5) is 4.60. The zero-order valence-corrected chi connectivity index (χ0v) is 13.6. The number of rotatable bonds is 3. The van der Waals surface area contributed by atoms with Crippen molar-refractivity contribution in [2.24, 2.45) is 4.99 Å². The van der Waals surface area contributed by atoms with Crippen molar-refractivity contribution in [2.45, 2.75) is 0 Å². The van der Waals surface area contributed by atoms with E-state index < -0.39 is 0 Å². The zero-order valence-electron chi connectivity index (χ0n) is 12.7. The molecule has 3 heteroatoms. The van der Waals surface area contributed by atoms with Gasteiger partial charge in [0, 0.05) is 17.1 Å². The van der Waals surface area contributed by atoms with Crippen LogP contribution in [-0.4, -0.2) is 24.7 Å². The Morgan fingerprint density at radius 1 is 0.909 bits per heavy atom. The van der Waals surface area contributed by atoms with Gasteiger partial charge in [0.2, 0.25) is 0 Å². The van der Waals surface area contributed by atoms with E-state index in [0.717, 1.165) is 22.0 Å². The standard InChI is InChI=1S/C19H18NOP/c1-22(2)19-10-6-5-9-17(19)20-13-16-11-14-7-3-4-8-15(14)12-18(16)21/h3-13,21H,1-2H3/b20-13+. The molecule has 3 rings (SSSR count). The van der Waals surface area contributed by atoms with E-state index in [1.807, 2.05) is 48.5 Å². The number of benzene rings is 3. The molecule has 3 aromatic carbocycles. The van der Waals surface area contributed by atoms with Gasteiger partial charge in [0.15, 0.2) is 0 Å². The quantitative estimate of drug-likeness (QED) is 0.554. The summed E-state index contributed by atoms with van der Waals surface area (Å²) in [6, 6.07) is 19.9. The van der Waals surface area contributed by atoms with Crippen LogP contribution in [0.25, 0.3) is 10.8 Å². The molecule has 2 nitrogen and oxygen atoms in total. The van der Waals surface area contributed by atoms with Gasteiger partial charge in [-0.25, -0.2) is 0 Å². The first-order chi connectivity index (χ1) is 10.6. The third-order valence-electron chi connectivity index (χ3n) is 3.60. The molecule has 0 spiro atoms. The minimum atomic E-state index is -0.209. The summed E-state index contributed by atoms with van der Waals surface area (Å²) in [5.74, 6) is 0.259. The van der Waals surface area contributed by atoms with Crippen LogP contribution in [0.4, 0.5) is 5.69 Å². The fraction of sp³-hybridized carbons (Fsp3) is 0.105. The number of phenols is 1. The summed E-state index contributed by atoms with van der Waals surface area (Å²) in [6.45, 7) is 4.44. The van der Waals surface area contributed by atoms with E-state index in [-0.39, 0.29) is 13.7 Å². The van der Waals surface area contributed by atoms with Gasteiger partial charge in [0.25, 0.3) is 0 Å². The molecule has 0 saturated heterocycles. The largest absolute Gasteiger partial charge is 0.507 e. The Kier molecular flexibility index (Phi) is 4.22. The molecule has 0 aliphatic rings. The number of hydrogen-bond acceptors (Lipinski definition) is 2. The van der Waals surface area contributed by atoms with Gasteiger partial charge in [-0.2, -0.15) is 0 Å². The lowest BCUT2D eigenvalue weighted by Crippen LogP contribution is -1.99. The van der Waals surface area contributed by atoms with E-state index in [9.17, 15) is 5.11 Å². The fourth-order valence-corrected chi connectivity index (χ4v) is 3.41.